The first-order valence-electron chi connectivity index (χ1n) is 24.8. The van der Waals surface area contributed by atoms with E-state index < -0.39 is 10.8 Å². The van der Waals surface area contributed by atoms with Crippen LogP contribution < -0.4 is 4.90 Å². The number of anilines is 3. The van der Waals surface area contributed by atoms with Crippen molar-refractivity contribution in [2.75, 3.05) is 4.90 Å². The van der Waals surface area contributed by atoms with Crippen LogP contribution in [0.1, 0.15) is 44.5 Å². The standard InChI is InChI=1S/C70H45N/c1-4-20-47(21-5-1)54-41-42-61-57-29-14-17-33-64(57)70(65-34-18-30-60(54)68(61)65)63-32-16-13-28-56(63)59-40-38-53(45-67(59)70)71(51-36-35-46-19-10-11-22-48(46)43-51)52-37-39-58-55-27-12-15-31-62(55)69(66(58)44-52,49-23-6-2-7-24-49)50-25-8-3-9-26-50/h1-45H. The van der Waals surface area contributed by atoms with E-state index in [0.717, 1.165) is 17.1 Å². The summed E-state index contributed by atoms with van der Waals surface area (Å²) in [5.41, 5.74) is 22.7. The molecule has 0 fully saturated rings. The quantitative estimate of drug-likeness (QED) is 0.161. The largest absolute Gasteiger partial charge is 0.310 e. The van der Waals surface area contributed by atoms with Gasteiger partial charge in [-0.1, -0.05) is 237 Å². The van der Waals surface area contributed by atoms with Gasteiger partial charge in [0, 0.05) is 17.1 Å². The Morgan fingerprint density at radius 3 is 1.28 bits per heavy atom. The lowest BCUT2D eigenvalue weighted by Gasteiger charge is -2.40. The predicted molar refractivity (Wildman–Crippen MR) is 295 cm³/mol. The summed E-state index contributed by atoms with van der Waals surface area (Å²) in [6.45, 7) is 0. The summed E-state index contributed by atoms with van der Waals surface area (Å²) < 4.78 is 0. The molecular weight excluding hydrogens is 855 g/mol. The van der Waals surface area contributed by atoms with Gasteiger partial charge in [0.25, 0.3) is 0 Å². The van der Waals surface area contributed by atoms with Crippen molar-refractivity contribution in [3.05, 3.63) is 317 Å². The summed E-state index contributed by atoms with van der Waals surface area (Å²) in [6, 6.07) is 103. The summed E-state index contributed by atoms with van der Waals surface area (Å²) in [5, 5.41) is 5.02. The Labute approximate surface area is 414 Å². The fourth-order valence-corrected chi connectivity index (χ4v) is 13.3. The Bertz CT molecular complexity index is 4070. The first kappa shape index (κ1) is 39.9. The molecule has 15 rings (SSSR count). The predicted octanol–water partition coefficient (Wildman–Crippen LogP) is 17.8. The molecule has 0 bridgehead atoms. The van der Waals surface area contributed by atoms with Gasteiger partial charge in [-0.2, -0.15) is 0 Å². The third kappa shape index (κ3) is 5.46. The van der Waals surface area contributed by atoms with Gasteiger partial charge < -0.3 is 4.90 Å². The minimum atomic E-state index is -0.593. The van der Waals surface area contributed by atoms with E-state index in [4.69, 9.17) is 0 Å². The fraction of sp³-hybridized carbons (Fsp3) is 0.0286. The first-order valence-corrected chi connectivity index (χ1v) is 24.8. The summed E-state index contributed by atoms with van der Waals surface area (Å²) in [7, 11) is 0. The molecule has 71 heavy (non-hydrogen) atoms. The van der Waals surface area contributed by atoms with Gasteiger partial charge in [0.15, 0.2) is 0 Å². The van der Waals surface area contributed by atoms with Gasteiger partial charge in [-0.25, -0.2) is 0 Å². The SMILES string of the molecule is c1ccc(-c2ccc3c4c(cccc24)C2(c4ccccc4-c4ccc(N(c5ccc6c(c5)C(c5ccccc5)(c5ccccc5)c5ccccc5-6)c5ccc6ccccc6c5)cc42)c2ccccc2-3)cc1. The summed E-state index contributed by atoms with van der Waals surface area (Å²) in [6.07, 6.45) is 0. The van der Waals surface area contributed by atoms with Crippen LogP contribution in [-0.4, -0.2) is 0 Å². The number of nitrogens with zero attached hydrogens (tertiary/aromatic N) is 1. The van der Waals surface area contributed by atoms with Crippen molar-refractivity contribution in [3.8, 4) is 44.5 Å². The molecule has 3 aliphatic carbocycles. The topological polar surface area (TPSA) is 3.24 Å². The van der Waals surface area contributed by atoms with Crippen molar-refractivity contribution in [1.29, 1.82) is 0 Å². The lowest BCUT2D eigenvalue weighted by atomic mass is 9.61. The highest BCUT2D eigenvalue weighted by Crippen LogP contribution is 2.63. The van der Waals surface area contributed by atoms with Gasteiger partial charge in [0.1, 0.15) is 0 Å². The second kappa shape index (κ2) is 15.2. The maximum atomic E-state index is 2.54. The third-order valence-corrected chi connectivity index (χ3v) is 16.1. The van der Waals surface area contributed by atoms with Crippen LogP contribution in [0.3, 0.4) is 0 Å². The maximum Gasteiger partial charge on any atom is 0.0726 e. The summed E-state index contributed by atoms with van der Waals surface area (Å²) >= 11 is 0. The molecule has 1 atom stereocenters. The Morgan fingerprint density at radius 1 is 0.239 bits per heavy atom. The van der Waals surface area contributed by atoms with Crippen LogP contribution in [0.15, 0.2) is 273 Å². The molecule has 1 unspecified atom stereocenters. The highest BCUT2D eigenvalue weighted by atomic mass is 15.1. The molecule has 0 aliphatic heterocycles. The Morgan fingerprint density at radius 2 is 0.662 bits per heavy atom. The average Bonchev–Trinajstić information content (AvgIpc) is 3.91. The van der Waals surface area contributed by atoms with E-state index >= 15 is 0 Å². The summed E-state index contributed by atoms with van der Waals surface area (Å²) in [4.78, 5) is 2.52. The van der Waals surface area contributed by atoms with Gasteiger partial charge in [0.05, 0.1) is 10.8 Å². The van der Waals surface area contributed by atoms with E-state index in [9.17, 15) is 0 Å². The van der Waals surface area contributed by atoms with Crippen molar-refractivity contribution in [2.45, 2.75) is 10.8 Å². The molecular formula is C70H45N. The third-order valence-electron chi connectivity index (χ3n) is 16.1. The molecule has 0 saturated heterocycles. The summed E-state index contributed by atoms with van der Waals surface area (Å²) in [5.74, 6) is 0. The highest BCUT2D eigenvalue weighted by molar-refractivity contribution is 6.12. The highest BCUT2D eigenvalue weighted by Gasteiger charge is 2.51. The minimum Gasteiger partial charge on any atom is -0.310 e. The molecule has 1 nitrogen and oxygen atoms in total. The van der Waals surface area contributed by atoms with Crippen LogP contribution in [0.2, 0.25) is 0 Å². The maximum absolute atomic E-state index is 2.54. The van der Waals surface area contributed by atoms with Crippen molar-refractivity contribution in [3.63, 3.8) is 0 Å². The lowest BCUT2D eigenvalue weighted by Crippen LogP contribution is -2.32. The monoisotopic (exact) mass is 899 g/mol. The zero-order chi connectivity index (χ0) is 46.7. The molecule has 3 aliphatic rings. The fourth-order valence-electron chi connectivity index (χ4n) is 13.3. The molecule has 1 spiro atoms. The van der Waals surface area contributed by atoms with Gasteiger partial charge in [-0.3, -0.25) is 0 Å². The molecule has 12 aromatic carbocycles. The molecule has 0 N–H and O–H groups in total. The van der Waals surface area contributed by atoms with Gasteiger partial charge in [-0.15, -0.1) is 0 Å². The van der Waals surface area contributed by atoms with Crippen molar-refractivity contribution in [1.82, 2.24) is 0 Å². The molecule has 330 valence electrons. The van der Waals surface area contributed by atoms with Crippen LogP contribution in [0.5, 0.6) is 0 Å². The van der Waals surface area contributed by atoms with Crippen molar-refractivity contribution >= 4 is 38.6 Å². The number of hydrogen-bond acceptors (Lipinski definition) is 1. The zero-order valence-corrected chi connectivity index (χ0v) is 38.9. The van der Waals surface area contributed by atoms with Crippen molar-refractivity contribution in [2.24, 2.45) is 0 Å². The molecule has 0 radical (unpaired) electrons. The first-order chi connectivity index (χ1) is 35.2. The van der Waals surface area contributed by atoms with E-state index in [1.807, 2.05) is 0 Å². The van der Waals surface area contributed by atoms with Crippen LogP contribution >= 0.6 is 0 Å². The van der Waals surface area contributed by atoms with E-state index in [-0.39, 0.29) is 0 Å². The van der Waals surface area contributed by atoms with E-state index in [1.54, 1.807) is 0 Å². The Kier molecular flexibility index (Phi) is 8.56. The van der Waals surface area contributed by atoms with Crippen LogP contribution in [-0.2, 0) is 10.8 Å². The van der Waals surface area contributed by atoms with Crippen molar-refractivity contribution < 1.29 is 0 Å². The number of rotatable bonds is 6. The van der Waals surface area contributed by atoms with Crippen LogP contribution in [0.25, 0.3) is 66.1 Å². The van der Waals surface area contributed by atoms with E-state index in [1.165, 1.54) is 111 Å². The number of benzene rings is 12. The normalized spacial score (nSPS) is 15.2. The van der Waals surface area contributed by atoms with Crippen LogP contribution in [0.4, 0.5) is 17.1 Å². The Balaban J connectivity index is 1.02. The van der Waals surface area contributed by atoms with Gasteiger partial charge >= 0.3 is 0 Å². The molecule has 12 aromatic rings. The van der Waals surface area contributed by atoms with Crippen LogP contribution in [0, 0.1) is 0 Å². The second-order valence-corrected chi connectivity index (χ2v) is 19.5. The number of fused-ring (bicyclic) bond motifs is 13. The number of hydrogen-bond donors (Lipinski definition) is 0. The lowest BCUT2D eigenvalue weighted by molar-refractivity contribution is 0.768. The average molecular weight is 900 g/mol. The second-order valence-electron chi connectivity index (χ2n) is 19.5. The molecule has 0 aromatic heterocycles. The smallest absolute Gasteiger partial charge is 0.0726 e. The van der Waals surface area contributed by atoms with E-state index in [2.05, 4.69) is 278 Å². The zero-order valence-electron chi connectivity index (χ0n) is 38.9. The minimum absolute atomic E-state index is 0.542. The molecule has 0 saturated carbocycles. The molecule has 0 amide bonds. The van der Waals surface area contributed by atoms with E-state index in [0.29, 0.717) is 0 Å². The Hall–Kier alpha value is -9.04. The van der Waals surface area contributed by atoms with Gasteiger partial charge in [0.2, 0.25) is 0 Å². The van der Waals surface area contributed by atoms with Gasteiger partial charge in [-0.05, 0) is 147 Å². The molecule has 0 heterocycles. The molecule has 1 heteroatoms.